The van der Waals surface area contributed by atoms with E-state index >= 15 is 0 Å². The minimum Gasteiger partial charge on any atom is -0.384 e. The van der Waals surface area contributed by atoms with Crippen molar-refractivity contribution >= 4 is 29.0 Å². The molecule has 0 bridgehead atoms. The molecule has 110 valence electrons. The van der Waals surface area contributed by atoms with E-state index in [4.69, 9.17) is 5.11 Å². The van der Waals surface area contributed by atoms with Gasteiger partial charge in [0.2, 0.25) is 0 Å². The number of carbonyl (C=O) groups excluding carboxylic acids is 1. The Labute approximate surface area is 129 Å². The summed E-state index contributed by atoms with van der Waals surface area (Å²) in [6.45, 7) is 0.573. The fraction of sp³-hybridized carbons (Fsp3) is 0.533. The second kappa shape index (κ2) is 10.8. The summed E-state index contributed by atoms with van der Waals surface area (Å²) in [7, 11) is 0. The first-order valence-corrected chi connectivity index (χ1v) is 8.95. The molecule has 1 aromatic rings. The number of unbranched alkanes of at least 4 members (excludes halogenated alkanes) is 3. The van der Waals surface area contributed by atoms with Gasteiger partial charge in [-0.1, -0.05) is 24.7 Å². The van der Waals surface area contributed by atoms with Gasteiger partial charge in [0.05, 0.1) is 9.75 Å². The van der Waals surface area contributed by atoms with E-state index in [0.717, 1.165) is 17.8 Å². The van der Waals surface area contributed by atoms with Crippen LogP contribution in [-0.2, 0) is 0 Å². The largest absolute Gasteiger partial charge is 0.384 e. The Balaban J connectivity index is 2.20. The van der Waals surface area contributed by atoms with Gasteiger partial charge in [0.1, 0.15) is 6.61 Å². The minimum absolute atomic E-state index is 0.0313. The third kappa shape index (κ3) is 6.99. The van der Waals surface area contributed by atoms with E-state index in [0.29, 0.717) is 4.88 Å². The number of thiophene rings is 1. The summed E-state index contributed by atoms with van der Waals surface area (Å²) in [5.74, 6) is 6.57. The van der Waals surface area contributed by atoms with Crippen molar-refractivity contribution in [1.82, 2.24) is 5.32 Å². The van der Waals surface area contributed by atoms with Gasteiger partial charge in [-0.15, -0.1) is 11.3 Å². The molecule has 3 nitrogen and oxygen atoms in total. The first kappa shape index (κ1) is 17.1. The maximum Gasteiger partial charge on any atom is 0.261 e. The Bertz CT molecular complexity index is 460. The van der Waals surface area contributed by atoms with E-state index in [2.05, 4.69) is 23.4 Å². The minimum atomic E-state index is -0.157. The van der Waals surface area contributed by atoms with Crippen LogP contribution in [0, 0.1) is 11.8 Å². The SMILES string of the molecule is CSCCCCCCNC(=O)c1ccc(C#CCO)s1. The van der Waals surface area contributed by atoms with Crippen LogP contribution in [0.15, 0.2) is 12.1 Å². The molecule has 0 aromatic carbocycles. The molecule has 1 amide bonds. The molecular formula is C15H21NO2S2. The molecule has 0 aliphatic heterocycles. The molecule has 5 heteroatoms. The number of nitrogens with one attached hydrogen (secondary N) is 1. The lowest BCUT2D eigenvalue weighted by atomic mass is 10.2. The molecule has 0 radical (unpaired) electrons. The van der Waals surface area contributed by atoms with Gasteiger partial charge < -0.3 is 10.4 Å². The first-order chi connectivity index (χ1) is 9.77. The molecule has 1 heterocycles. The molecule has 20 heavy (non-hydrogen) atoms. The Hall–Kier alpha value is -0.960. The third-order valence-corrected chi connectivity index (χ3v) is 4.38. The van der Waals surface area contributed by atoms with Crippen LogP contribution in [0.4, 0.5) is 0 Å². The zero-order valence-electron chi connectivity index (χ0n) is 11.8. The number of amides is 1. The predicted molar refractivity (Wildman–Crippen MR) is 87.5 cm³/mol. The van der Waals surface area contributed by atoms with Gasteiger partial charge in [0.15, 0.2) is 0 Å². The zero-order valence-corrected chi connectivity index (χ0v) is 13.4. The van der Waals surface area contributed by atoms with E-state index < -0.39 is 0 Å². The van der Waals surface area contributed by atoms with Crippen molar-refractivity contribution < 1.29 is 9.90 Å². The highest BCUT2D eigenvalue weighted by molar-refractivity contribution is 7.98. The molecule has 0 saturated carbocycles. The molecule has 0 atom stereocenters. The second-order valence-electron chi connectivity index (χ2n) is 4.29. The summed E-state index contributed by atoms with van der Waals surface area (Å²) in [4.78, 5) is 13.3. The van der Waals surface area contributed by atoms with Crippen LogP contribution in [0.5, 0.6) is 0 Å². The summed E-state index contributed by atoms with van der Waals surface area (Å²) in [6.07, 6.45) is 6.81. The normalized spacial score (nSPS) is 9.90. The summed E-state index contributed by atoms with van der Waals surface area (Å²) >= 11 is 3.24. The molecule has 0 saturated heterocycles. The predicted octanol–water partition coefficient (Wildman–Crippen LogP) is 2.75. The van der Waals surface area contributed by atoms with Crippen LogP contribution in [0.25, 0.3) is 0 Å². The summed E-state index contributed by atoms with van der Waals surface area (Å²) in [5, 5.41) is 11.5. The number of hydrogen-bond acceptors (Lipinski definition) is 4. The maximum absolute atomic E-state index is 11.9. The van der Waals surface area contributed by atoms with Crippen LogP contribution in [0.3, 0.4) is 0 Å². The molecule has 0 spiro atoms. The smallest absolute Gasteiger partial charge is 0.261 e. The molecule has 0 aliphatic rings. The molecule has 0 aliphatic carbocycles. The Morgan fingerprint density at radius 2 is 2.15 bits per heavy atom. The standard InChI is InChI=1S/C15H21NO2S2/c1-19-12-5-3-2-4-10-16-15(18)14-9-8-13(20-14)7-6-11-17/h8-9,17H,2-5,10-12H2,1H3,(H,16,18). The lowest BCUT2D eigenvalue weighted by Gasteiger charge is -2.03. The van der Waals surface area contributed by atoms with Crippen molar-refractivity contribution in [3.63, 3.8) is 0 Å². The number of carbonyl (C=O) groups is 1. The monoisotopic (exact) mass is 311 g/mol. The Morgan fingerprint density at radius 1 is 1.35 bits per heavy atom. The highest BCUT2D eigenvalue weighted by atomic mass is 32.2. The van der Waals surface area contributed by atoms with Gasteiger partial charge in [-0.05, 0) is 37.0 Å². The van der Waals surface area contributed by atoms with Gasteiger partial charge in [-0.3, -0.25) is 4.79 Å². The van der Waals surface area contributed by atoms with Crippen molar-refractivity contribution in [2.24, 2.45) is 0 Å². The lowest BCUT2D eigenvalue weighted by Crippen LogP contribution is -2.23. The fourth-order valence-electron chi connectivity index (χ4n) is 1.67. The van der Waals surface area contributed by atoms with E-state index in [9.17, 15) is 4.79 Å². The highest BCUT2D eigenvalue weighted by Crippen LogP contribution is 2.15. The van der Waals surface area contributed by atoms with Crippen molar-refractivity contribution in [2.45, 2.75) is 25.7 Å². The first-order valence-electron chi connectivity index (χ1n) is 6.74. The van der Waals surface area contributed by atoms with Crippen molar-refractivity contribution in [2.75, 3.05) is 25.2 Å². The van der Waals surface area contributed by atoms with E-state index in [1.54, 1.807) is 6.07 Å². The average molecular weight is 311 g/mol. The summed E-state index contributed by atoms with van der Waals surface area (Å²) < 4.78 is 0. The summed E-state index contributed by atoms with van der Waals surface area (Å²) in [6, 6.07) is 3.59. The fourth-order valence-corrected chi connectivity index (χ4v) is 2.96. The average Bonchev–Trinajstić information content (AvgIpc) is 2.93. The van der Waals surface area contributed by atoms with Gasteiger partial charge in [-0.25, -0.2) is 0 Å². The highest BCUT2D eigenvalue weighted by Gasteiger charge is 2.07. The molecular weight excluding hydrogens is 290 g/mol. The van der Waals surface area contributed by atoms with Crippen molar-refractivity contribution in [3.05, 3.63) is 21.9 Å². The Morgan fingerprint density at radius 3 is 2.90 bits per heavy atom. The molecule has 0 fully saturated rings. The van der Waals surface area contributed by atoms with Crippen molar-refractivity contribution in [1.29, 1.82) is 0 Å². The van der Waals surface area contributed by atoms with Crippen LogP contribution >= 0.6 is 23.1 Å². The topological polar surface area (TPSA) is 49.3 Å². The van der Waals surface area contributed by atoms with Crippen LogP contribution in [0.2, 0.25) is 0 Å². The quantitative estimate of drug-likeness (QED) is 0.573. The van der Waals surface area contributed by atoms with Crippen LogP contribution in [0.1, 0.15) is 40.2 Å². The molecule has 2 N–H and O–H groups in total. The van der Waals surface area contributed by atoms with E-state index in [1.807, 2.05) is 17.8 Å². The lowest BCUT2D eigenvalue weighted by molar-refractivity contribution is 0.0957. The van der Waals surface area contributed by atoms with Gasteiger partial charge in [0, 0.05) is 6.54 Å². The molecule has 0 unspecified atom stereocenters. The van der Waals surface area contributed by atoms with Gasteiger partial charge in [-0.2, -0.15) is 11.8 Å². The Kier molecular flexibility index (Phi) is 9.22. The third-order valence-electron chi connectivity index (χ3n) is 2.68. The maximum atomic E-state index is 11.9. The van der Waals surface area contributed by atoms with Crippen molar-refractivity contribution in [3.8, 4) is 11.8 Å². The second-order valence-corrected chi connectivity index (χ2v) is 6.36. The zero-order chi connectivity index (χ0) is 14.6. The van der Waals surface area contributed by atoms with E-state index in [1.165, 1.54) is 36.4 Å². The van der Waals surface area contributed by atoms with E-state index in [-0.39, 0.29) is 12.5 Å². The van der Waals surface area contributed by atoms with Gasteiger partial charge in [0.25, 0.3) is 5.91 Å². The van der Waals surface area contributed by atoms with Crippen LogP contribution < -0.4 is 5.32 Å². The number of aliphatic hydroxyl groups is 1. The van der Waals surface area contributed by atoms with Crippen LogP contribution in [-0.4, -0.2) is 36.2 Å². The van der Waals surface area contributed by atoms with Gasteiger partial charge >= 0.3 is 0 Å². The number of thioether (sulfide) groups is 1. The summed E-state index contributed by atoms with van der Waals surface area (Å²) in [5.41, 5.74) is 0. The molecule has 1 rings (SSSR count). The number of aliphatic hydroxyl groups excluding tert-OH is 1. The number of hydrogen-bond donors (Lipinski definition) is 2. The molecule has 1 aromatic heterocycles. The number of rotatable bonds is 8.